The van der Waals surface area contributed by atoms with Crippen LogP contribution < -0.4 is 15.4 Å². The zero-order valence-electron chi connectivity index (χ0n) is 16.7. The van der Waals surface area contributed by atoms with Gasteiger partial charge in [-0.05, 0) is 51.0 Å². The minimum Gasteiger partial charge on any atom is -0.491 e. The molecule has 0 aliphatic heterocycles. The van der Waals surface area contributed by atoms with Crippen molar-refractivity contribution in [2.75, 3.05) is 13.1 Å². The second-order valence-corrected chi connectivity index (χ2v) is 6.82. The first-order valence-electron chi connectivity index (χ1n) is 9.50. The molecule has 0 saturated heterocycles. The lowest BCUT2D eigenvalue weighted by molar-refractivity contribution is 0.179. The van der Waals surface area contributed by atoms with Crippen LogP contribution in [0.5, 0.6) is 5.75 Å². The number of aliphatic hydroxyl groups is 1. The summed E-state index contributed by atoms with van der Waals surface area (Å²) in [5.41, 5.74) is 3.20. The number of aliphatic imine (C=N–C) groups is 1. The molecule has 2 rings (SSSR count). The average Bonchev–Trinajstić information content (AvgIpc) is 2.63. The number of rotatable bonds is 8. The molecule has 3 N–H and O–H groups in total. The summed E-state index contributed by atoms with van der Waals surface area (Å²) < 4.78 is 5.70. The van der Waals surface area contributed by atoms with Crippen LogP contribution >= 0.6 is 0 Å². The quantitative estimate of drug-likeness (QED) is 0.492. The fourth-order valence-corrected chi connectivity index (χ4v) is 2.70. The minimum atomic E-state index is -0.650. The third-order valence-corrected chi connectivity index (χ3v) is 3.92. The van der Waals surface area contributed by atoms with E-state index in [-0.39, 0.29) is 6.10 Å². The lowest BCUT2D eigenvalue weighted by Crippen LogP contribution is -2.39. The van der Waals surface area contributed by atoms with Gasteiger partial charge in [0.2, 0.25) is 0 Å². The van der Waals surface area contributed by atoms with E-state index >= 15 is 0 Å². The highest BCUT2D eigenvalue weighted by molar-refractivity contribution is 5.79. The summed E-state index contributed by atoms with van der Waals surface area (Å²) in [6.07, 6.45) is -0.548. The lowest BCUT2D eigenvalue weighted by Gasteiger charge is -2.17. The molecule has 0 bridgehead atoms. The number of nitrogens with zero attached hydrogens (tertiary/aromatic N) is 1. The van der Waals surface area contributed by atoms with Gasteiger partial charge in [-0.1, -0.05) is 42.0 Å². The highest BCUT2D eigenvalue weighted by Crippen LogP contribution is 2.20. The fraction of sp³-hybridized carbons (Fsp3) is 0.409. The van der Waals surface area contributed by atoms with E-state index in [0.29, 0.717) is 19.0 Å². The molecular weight excluding hydrogens is 338 g/mol. The third-order valence-electron chi connectivity index (χ3n) is 3.92. The first-order chi connectivity index (χ1) is 13.0. The van der Waals surface area contributed by atoms with Gasteiger partial charge in [0.25, 0.3) is 0 Å². The zero-order chi connectivity index (χ0) is 19.6. The van der Waals surface area contributed by atoms with Crippen LogP contribution in [0.15, 0.2) is 53.5 Å². The number of hydrogen-bond donors (Lipinski definition) is 3. The van der Waals surface area contributed by atoms with Crippen molar-refractivity contribution in [3.8, 4) is 5.75 Å². The molecule has 0 heterocycles. The van der Waals surface area contributed by atoms with Crippen molar-refractivity contribution in [1.29, 1.82) is 0 Å². The molecule has 0 fully saturated rings. The number of guanidine groups is 1. The fourth-order valence-electron chi connectivity index (χ4n) is 2.70. The summed E-state index contributed by atoms with van der Waals surface area (Å²) in [5.74, 6) is 1.45. The Morgan fingerprint density at radius 1 is 1.11 bits per heavy atom. The second-order valence-electron chi connectivity index (χ2n) is 6.82. The molecule has 2 aromatic carbocycles. The van der Waals surface area contributed by atoms with Gasteiger partial charge in [0.1, 0.15) is 5.75 Å². The average molecular weight is 370 g/mol. The predicted octanol–water partition coefficient (Wildman–Crippen LogP) is 3.57. The molecule has 0 amide bonds. The van der Waals surface area contributed by atoms with Gasteiger partial charge in [-0.2, -0.15) is 0 Å². The van der Waals surface area contributed by atoms with Crippen molar-refractivity contribution in [2.24, 2.45) is 4.99 Å². The first kappa shape index (κ1) is 20.8. The van der Waals surface area contributed by atoms with Crippen LogP contribution in [0.3, 0.4) is 0 Å². The van der Waals surface area contributed by atoms with E-state index in [0.717, 1.165) is 23.4 Å². The summed E-state index contributed by atoms with van der Waals surface area (Å²) in [6, 6.07) is 15.9. The standard InChI is InChI=1S/C22H31N3O2/c1-5-23-22(24-14-18-9-6-8-17(4)12-18)25-15-21(26)19-10-7-11-20(13-19)27-16(2)3/h6-13,16,21,26H,5,14-15H2,1-4H3,(H2,23,24,25). The van der Waals surface area contributed by atoms with Crippen LogP contribution in [0, 0.1) is 6.92 Å². The smallest absolute Gasteiger partial charge is 0.191 e. The molecule has 0 saturated carbocycles. The Bertz CT molecular complexity index is 744. The topological polar surface area (TPSA) is 65.9 Å². The maximum Gasteiger partial charge on any atom is 0.191 e. The monoisotopic (exact) mass is 369 g/mol. The van der Waals surface area contributed by atoms with Crippen molar-refractivity contribution in [1.82, 2.24) is 10.6 Å². The Morgan fingerprint density at radius 2 is 1.89 bits per heavy atom. The van der Waals surface area contributed by atoms with Crippen LogP contribution in [-0.2, 0) is 6.54 Å². The van der Waals surface area contributed by atoms with Gasteiger partial charge < -0.3 is 20.5 Å². The number of nitrogens with one attached hydrogen (secondary N) is 2. The van der Waals surface area contributed by atoms with Crippen molar-refractivity contribution in [3.05, 3.63) is 65.2 Å². The van der Waals surface area contributed by atoms with E-state index in [1.807, 2.05) is 51.1 Å². The molecule has 5 heteroatoms. The van der Waals surface area contributed by atoms with Crippen molar-refractivity contribution in [2.45, 2.75) is 46.4 Å². The number of aliphatic hydroxyl groups excluding tert-OH is 1. The number of hydrogen-bond acceptors (Lipinski definition) is 3. The SMILES string of the molecule is CCNC(=NCc1cccc(C)c1)NCC(O)c1cccc(OC(C)C)c1. The number of ether oxygens (including phenoxy) is 1. The Hall–Kier alpha value is -2.53. The minimum absolute atomic E-state index is 0.102. The van der Waals surface area contributed by atoms with E-state index in [4.69, 9.17) is 4.74 Å². The van der Waals surface area contributed by atoms with Crippen LogP contribution in [0.4, 0.5) is 0 Å². The Labute approximate surface area is 162 Å². The number of aryl methyl sites for hydroxylation is 1. The molecule has 2 aromatic rings. The largest absolute Gasteiger partial charge is 0.491 e. The molecule has 27 heavy (non-hydrogen) atoms. The van der Waals surface area contributed by atoms with Crippen LogP contribution in [0.1, 0.15) is 43.6 Å². The van der Waals surface area contributed by atoms with Gasteiger partial charge in [0, 0.05) is 13.1 Å². The molecule has 5 nitrogen and oxygen atoms in total. The molecule has 0 radical (unpaired) electrons. The molecule has 1 unspecified atom stereocenters. The van der Waals surface area contributed by atoms with Gasteiger partial charge >= 0.3 is 0 Å². The second kappa shape index (κ2) is 10.6. The van der Waals surface area contributed by atoms with Crippen LogP contribution in [0.2, 0.25) is 0 Å². The Morgan fingerprint density at radius 3 is 2.59 bits per heavy atom. The molecule has 0 aromatic heterocycles. The summed E-state index contributed by atoms with van der Waals surface area (Å²) in [7, 11) is 0. The van der Waals surface area contributed by atoms with Crippen molar-refractivity contribution < 1.29 is 9.84 Å². The van der Waals surface area contributed by atoms with Crippen LogP contribution in [0.25, 0.3) is 0 Å². The van der Waals surface area contributed by atoms with Crippen molar-refractivity contribution >= 4 is 5.96 Å². The summed E-state index contributed by atoms with van der Waals surface area (Å²) in [6.45, 7) is 9.77. The lowest BCUT2D eigenvalue weighted by atomic mass is 10.1. The molecule has 0 spiro atoms. The predicted molar refractivity (Wildman–Crippen MR) is 111 cm³/mol. The molecule has 0 aliphatic carbocycles. The third kappa shape index (κ3) is 7.31. The summed E-state index contributed by atoms with van der Waals surface area (Å²) in [5, 5.41) is 16.9. The zero-order valence-corrected chi connectivity index (χ0v) is 16.7. The summed E-state index contributed by atoms with van der Waals surface area (Å²) >= 11 is 0. The van der Waals surface area contributed by atoms with E-state index in [9.17, 15) is 5.11 Å². The van der Waals surface area contributed by atoms with Crippen LogP contribution in [-0.4, -0.2) is 30.3 Å². The molecule has 0 aliphatic rings. The highest BCUT2D eigenvalue weighted by Gasteiger charge is 2.10. The van der Waals surface area contributed by atoms with E-state index in [2.05, 4.69) is 40.7 Å². The van der Waals surface area contributed by atoms with Gasteiger partial charge in [-0.3, -0.25) is 0 Å². The van der Waals surface area contributed by atoms with Gasteiger partial charge in [0.15, 0.2) is 5.96 Å². The molecule has 1 atom stereocenters. The van der Waals surface area contributed by atoms with E-state index in [1.165, 1.54) is 5.56 Å². The highest BCUT2D eigenvalue weighted by atomic mass is 16.5. The number of benzene rings is 2. The Kier molecular flexibility index (Phi) is 8.14. The van der Waals surface area contributed by atoms with Gasteiger partial charge in [-0.25, -0.2) is 4.99 Å². The maximum atomic E-state index is 10.5. The Balaban J connectivity index is 1.97. The molecule has 146 valence electrons. The normalized spacial score (nSPS) is 12.7. The van der Waals surface area contributed by atoms with Gasteiger partial charge in [0.05, 0.1) is 18.8 Å². The van der Waals surface area contributed by atoms with Crippen molar-refractivity contribution in [3.63, 3.8) is 0 Å². The van der Waals surface area contributed by atoms with E-state index in [1.54, 1.807) is 0 Å². The summed E-state index contributed by atoms with van der Waals surface area (Å²) in [4.78, 5) is 4.61. The van der Waals surface area contributed by atoms with Gasteiger partial charge in [-0.15, -0.1) is 0 Å². The molecular formula is C22H31N3O2. The maximum absolute atomic E-state index is 10.5. The first-order valence-corrected chi connectivity index (χ1v) is 9.50. The van der Waals surface area contributed by atoms with E-state index < -0.39 is 6.10 Å².